The fraction of sp³-hybridized carbons (Fsp3) is 0.733. The van der Waals surface area contributed by atoms with Crippen molar-refractivity contribution < 1.29 is 0 Å². The molecule has 3 fully saturated rings. The molecule has 0 heterocycles. The molecule has 0 radical (unpaired) electrons. The lowest BCUT2D eigenvalue weighted by Crippen LogP contribution is -2.34. The van der Waals surface area contributed by atoms with Crippen LogP contribution >= 0.6 is 0 Å². The summed E-state index contributed by atoms with van der Waals surface area (Å²) in [6.07, 6.45) is 24.9. The van der Waals surface area contributed by atoms with Gasteiger partial charge in [-0.25, -0.2) is 0 Å². The minimum absolute atomic E-state index is 0.826. The quantitative estimate of drug-likeness (QED) is 0.396. The minimum atomic E-state index is 0.826. The number of aryl methyl sites for hydroxylation is 1. The smallest absolute Gasteiger partial charge is 0.0162 e. The number of hydrogen-bond acceptors (Lipinski definition) is 0. The summed E-state index contributed by atoms with van der Waals surface area (Å²) in [5.41, 5.74) is 3.11. The van der Waals surface area contributed by atoms with E-state index in [1.54, 1.807) is 44.1 Å². The maximum Gasteiger partial charge on any atom is -0.0162 e. The van der Waals surface area contributed by atoms with Crippen molar-refractivity contribution in [2.45, 2.75) is 110 Å². The van der Waals surface area contributed by atoms with E-state index in [4.69, 9.17) is 0 Å². The van der Waals surface area contributed by atoms with E-state index in [-0.39, 0.29) is 0 Å². The van der Waals surface area contributed by atoms with E-state index in [9.17, 15) is 0 Å². The molecule has 0 bridgehead atoms. The van der Waals surface area contributed by atoms with Crippen molar-refractivity contribution in [3.63, 3.8) is 0 Å². The van der Waals surface area contributed by atoms with Crippen LogP contribution in [0.2, 0.25) is 0 Å². The molecule has 3 aliphatic rings. The monoisotopic (exact) mass is 406 g/mol. The Morgan fingerprint density at radius 2 is 1.40 bits per heavy atom. The lowest BCUT2D eigenvalue weighted by atomic mass is 9.60. The predicted octanol–water partition coefficient (Wildman–Crippen LogP) is 9.10. The highest BCUT2D eigenvalue weighted by molar-refractivity contribution is 5.26. The number of rotatable bonds is 7. The van der Waals surface area contributed by atoms with Crippen LogP contribution in [0, 0.1) is 29.6 Å². The van der Waals surface area contributed by atoms with Crippen molar-refractivity contribution in [2.75, 3.05) is 0 Å². The van der Waals surface area contributed by atoms with Crippen molar-refractivity contribution in [3.05, 3.63) is 47.5 Å². The van der Waals surface area contributed by atoms with Gasteiger partial charge >= 0.3 is 0 Å². The van der Waals surface area contributed by atoms with Crippen molar-refractivity contribution >= 4 is 0 Å². The Morgan fingerprint density at radius 3 is 2.10 bits per heavy atom. The van der Waals surface area contributed by atoms with Crippen LogP contribution in [-0.2, 0) is 6.42 Å². The second kappa shape index (κ2) is 11.0. The Kier molecular flexibility index (Phi) is 8.14. The van der Waals surface area contributed by atoms with Crippen molar-refractivity contribution in [3.8, 4) is 0 Å². The van der Waals surface area contributed by atoms with E-state index in [1.165, 1.54) is 56.9 Å². The van der Waals surface area contributed by atoms with Gasteiger partial charge in [-0.3, -0.25) is 0 Å². The lowest BCUT2D eigenvalue weighted by Gasteiger charge is -2.45. The molecule has 0 aromatic heterocycles. The predicted molar refractivity (Wildman–Crippen MR) is 131 cm³/mol. The van der Waals surface area contributed by atoms with E-state index in [0.29, 0.717) is 0 Å². The van der Waals surface area contributed by atoms with Crippen molar-refractivity contribution in [1.82, 2.24) is 0 Å². The van der Waals surface area contributed by atoms with E-state index in [1.807, 2.05) is 0 Å². The van der Waals surface area contributed by atoms with Crippen LogP contribution in [0.5, 0.6) is 0 Å². The van der Waals surface area contributed by atoms with Gasteiger partial charge in [-0.1, -0.05) is 62.6 Å². The molecule has 4 atom stereocenters. The van der Waals surface area contributed by atoms with E-state index >= 15 is 0 Å². The summed E-state index contributed by atoms with van der Waals surface area (Å²) in [7, 11) is 0. The molecule has 0 aliphatic heterocycles. The first-order chi connectivity index (χ1) is 14.8. The molecule has 30 heavy (non-hydrogen) atoms. The number of allylic oxidation sites excluding steroid dienone is 2. The Balaban J connectivity index is 1.23. The number of fused-ring (bicyclic) bond motifs is 1. The van der Waals surface area contributed by atoms with Crippen LogP contribution in [0.4, 0.5) is 0 Å². The molecule has 0 saturated heterocycles. The third kappa shape index (κ3) is 5.60. The zero-order chi connectivity index (χ0) is 20.8. The molecule has 0 nitrogen and oxygen atoms in total. The third-order valence-corrected chi connectivity index (χ3v) is 9.18. The Morgan fingerprint density at radius 1 is 0.767 bits per heavy atom. The standard InChI is InChI=1S/C30H46/c1-3-5-6-8-23-9-12-25(13-10-23)26-15-17-27(18-16-26)29-20-19-28-21-24(7-4-2)11-14-30(28)22-29/h3,5,9-10,12-13,24,26-30H,4,6-8,11,14-22H2,1-2H3/b5-3+. The Bertz CT molecular complexity index is 645. The maximum atomic E-state index is 2.44. The van der Waals surface area contributed by atoms with Crippen LogP contribution in [-0.4, -0.2) is 0 Å². The SMILES string of the molecule is C/C=C/CCc1ccc(C2CCC(C3CCC4CC(CCC)CCC4C3)CC2)cc1. The van der Waals surface area contributed by atoms with Gasteiger partial charge in [0, 0.05) is 0 Å². The number of benzene rings is 1. The average molecular weight is 407 g/mol. The van der Waals surface area contributed by atoms with Gasteiger partial charge in [0.05, 0.1) is 0 Å². The minimum Gasteiger partial charge on any atom is -0.0917 e. The normalized spacial score (nSPS) is 34.7. The molecule has 166 valence electrons. The van der Waals surface area contributed by atoms with Crippen LogP contribution in [0.1, 0.15) is 114 Å². The fourth-order valence-corrected chi connectivity index (χ4v) is 7.42. The molecule has 0 amide bonds. The molecule has 0 heteroatoms. The van der Waals surface area contributed by atoms with E-state index < -0.39 is 0 Å². The summed E-state index contributed by atoms with van der Waals surface area (Å²) >= 11 is 0. The van der Waals surface area contributed by atoms with E-state index in [2.05, 4.69) is 50.3 Å². The van der Waals surface area contributed by atoms with Crippen LogP contribution in [0.25, 0.3) is 0 Å². The van der Waals surface area contributed by atoms with Crippen LogP contribution in [0.15, 0.2) is 36.4 Å². The summed E-state index contributed by atoms with van der Waals surface area (Å²) in [4.78, 5) is 0. The summed E-state index contributed by atoms with van der Waals surface area (Å²) in [5.74, 6) is 6.17. The van der Waals surface area contributed by atoms with Gasteiger partial charge in [0.15, 0.2) is 0 Å². The van der Waals surface area contributed by atoms with Gasteiger partial charge in [-0.05, 0) is 124 Å². The molecule has 1 aromatic carbocycles. The molecule has 1 aromatic rings. The zero-order valence-electron chi connectivity index (χ0n) is 19.8. The molecule has 0 N–H and O–H groups in total. The molecular weight excluding hydrogens is 360 g/mol. The molecule has 4 unspecified atom stereocenters. The largest absolute Gasteiger partial charge is 0.0917 e. The summed E-state index contributed by atoms with van der Waals surface area (Å²) in [6, 6.07) is 9.66. The van der Waals surface area contributed by atoms with Crippen LogP contribution in [0.3, 0.4) is 0 Å². The van der Waals surface area contributed by atoms with Gasteiger partial charge in [0.25, 0.3) is 0 Å². The van der Waals surface area contributed by atoms with Crippen molar-refractivity contribution in [2.24, 2.45) is 29.6 Å². The highest BCUT2D eigenvalue weighted by Gasteiger charge is 2.38. The first-order valence-corrected chi connectivity index (χ1v) is 13.5. The zero-order valence-corrected chi connectivity index (χ0v) is 19.8. The topological polar surface area (TPSA) is 0 Å². The third-order valence-electron chi connectivity index (χ3n) is 9.18. The van der Waals surface area contributed by atoms with Crippen molar-refractivity contribution in [1.29, 1.82) is 0 Å². The first kappa shape index (κ1) is 22.2. The summed E-state index contributed by atoms with van der Waals surface area (Å²) in [5, 5.41) is 0. The van der Waals surface area contributed by atoms with Gasteiger partial charge in [-0.2, -0.15) is 0 Å². The van der Waals surface area contributed by atoms with Gasteiger partial charge in [-0.15, -0.1) is 0 Å². The molecular formula is C30H46. The Hall–Kier alpha value is -1.04. The summed E-state index contributed by atoms with van der Waals surface area (Å²) in [6.45, 7) is 4.49. The second-order valence-corrected chi connectivity index (χ2v) is 11.0. The molecule has 3 aliphatic carbocycles. The van der Waals surface area contributed by atoms with Gasteiger partial charge in [0.2, 0.25) is 0 Å². The average Bonchev–Trinajstić information content (AvgIpc) is 2.80. The van der Waals surface area contributed by atoms with Crippen LogP contribution < -0.4 is 0 Å². The lowest BCUT2D eigenvalue weighted by molar-refractivity contribution is 0.0618. The number of hydrogen-bond donors (Lipinski definition) is 0. The van der Waals surface area contributed by atoms with E-state index in [0.717, 1.165) is 35.5 Å². The molecule has 0 spiro atoms. The highest BCUT2D eigenvalue weighted by Crippen LogP contribution is 2.50. The van der Waals surface area contributed by atoms with Gasteiger partial charge < -0.3 is 0 Å². The second-order valence-electron chi connectivity index (χ2n) is 11.0. The van der Waals surface area contributed by atoms with Gasteiger partial charge in [0.1, 0.15) is 0 Å². The summed E-state index contributed by atoms with van der Waals surface area (Å²) < 4.78 is 0. The molecule has 3 saturated carbocycles. The highest BCUT2D eigenvalue weighted by atomic mass is 14.4. The Labute approximate surface area is 186 Å². The molecule has 4 rings (SSSR count). The maximum absolute atomic E-state index is 2.44. The fourth-order valence-electron chi connectivity index (χ4n) is 7.42. The first-order valence-electron chi connectivity index (χ1n) is 13.5.